The molecule has 102 valence electrons. The van der Waals surface area contributed by atoms with Gasteiger partial charge in [-0.05, 0) is 31.7 Å². The first-order chi connectivity index (χ1) is 9.29. The fourth-order valence-electron chi connectivity index (χ4n) is 1.98. The van der Waals surface area contributed by atoms with E-state index < -0.39 is 0 Å². The van der Waals surface area contributed by atoms with Gasteiger partial charge in [0, 0.05) is 24.8 Å². The monoisotopic (exact) mass is 259 g/mol. The number of pyridine rings is 1. The molecule has 0 radical (unpaired) electrons. The van der Waals surface area contributed by atoms with E-state index in [9.17, 15) is 0 Å². The molecular formula is C15H21N3O. The predicted octanol–water partition coefficient (Wildman–Crippen LogP) is 3.13. The van der Waals surface area contributed by atoms with E-state index in [0.29, 0.717) is 0 Å². The van der Waals surface area contributed by atoms with Crippen LogP contribution in [0.25, 0.3) is 0 Å². The summed E-state index contributed by atoms with van der Waals surface area (Å²) in [7, 11) is 2.08. The predicted molar refractivity (Wildman–Crippen MR) is 76.9 cm³/mol. The zero-order valence-corrected chi connectivity index (χ0v) is 11.6. The molecule has 1 N–H and O–H groups in total. The zero-order valence-electron chi connectivity index (χ0n) is 11.6. The highest BCUT2D eigenvalue weighted by atomic mass is 16.3. The molecule has 0 aliphatic carbocycles. The lowest BCUT2D eigenvalue weighted by Gasteiger charge is -2.17. The van der Waals surface area contributed by atoms with Crippen LogP contribution in [-0.4, -0.2) is 23.5 Å². The first-order valence-corrected chi connectivity index (χ1v) is 6.68. The number of aromatic nitrogens is 1. The van der Waals surface area contributed by atoms with Gasteiger partial charge in [-0.3, -0.25) is 4.90 Å². The summed E-state index contributed by atoms with van der Waals surface area (Å²) in [6.07, 6.45) is 4.63. The Morgan fingerprint density at radius 3 is 2.89 bits per heavy atom. The molecule has 0 saturated heterocycles. The van der Waals surface area contributed by atoms with Crippen molar-refractivity contribution >= 4 is 5.82 Å². The second-order valence-corrected chi connectivity index (χ2v) is 4.69. The maximum absolute atomic E-state index is 5.36. The fraction of sp³-hybridized carbons (Fsp3) is 0.400. The third kappa shape index (κ3) is 4.10. The second kappa shape index (κ2) is 6.95. The lowest BCUT2D eigenvalue weighted by molar-refractivity contribution is 0.288. The second-order valence-electron chi connectivity index (χ2n) is 4.69. The number of anilines is 1. The molecule has 2 rings (SSSR count). The van der Waals surface area contributed by atoms with Crippen LogP contribution < -0.4 is 5.32 Å². The molecule has 0 atom stereocenters. The smallest absolute Gasteiger partial charge is 0.130 e. The zero-order chi connectivity index (χ0) is 13.5. The van der Waals surface area contributed by atoms with Gasteiger partial charge in [0.15, 0.2) is 0 Å². The number of nitrogens with zero attached hydrogens (tertiary/aromatic N) is 2. The van der Waals surface area contributed by atoms with Crippen LogP contribution >= 0.6 is 0 Å². The van der Waals surface area contributed by atoms with E-state index in [1.807, 2.05) is 24.4 Å². The number of furan rings is 1. The average molecular weight is 259 g/mol. The number of nitrogens with one attached hydrogen (secondary N) is 1. The highest BCUT2D eigenvalue weighted by Gasteiger charge is 2.07. The molecule has 0 amide bonds. The Hall–Kier alpha value is -1.81. The van der Waals surface area contributed by atoms with Crippen molar-refractivity contribution in [3.63, 3.8) is 0 Å². The van der Waals surface area contributed by atoms with Crippen LogP contribution in [-0.2, 0) is 13.1 Å². The molecular weight excluding hydrogens is 238 g/mol. The van der Waals surface area contributed by atoms with Crippen LogP contribution in [0.5, 0.6) is 0 Å². The number of hydrogen-bond donors (Lipinski definition) is 1. The van der Waals surface area contributed by atoms with Gasteiger partial charge >= 0.3 is 0 Å². The van der Waals surface area contributed by atoms with Gasteiger partial charge in [-0.25, -0.2) is 4.98 Å². The first-order valence-electron chi connectivity index (χ1n) is 6.68. The van der Waals surface area contributed by atoms with Crippen molar-refractivity contribution in [2.24, 2.45) is 0 Å². The van der Waals surface area contributed by atoms with E-state index in [4.69, 9.17) is 4.42 Å². The SMILES string of the molecule is CCCNc1ncccc1CN(C)Cc1ccco1. The Labute approximate surface area is 114 Å². The number of rotatable bonds is 7. The van der Waals surface area contributed by atoms with E-state index in [1.165, 1.54) is 5.56 Å². The Morgan fingerprint density at radius 2 is 2.16 bits per heavy atom. The molecule has 0 fully saturated rings. The first kappa shape index (κ1) is 13.6. The fourth-order valence-corrected chi connectivity index (χ4v) is 1.98. The summed E-state index contributed by atoms with van der Waals surface area (Å²) in [5.74, 6) is 1.96. The minimum Gasteiger partial charge on any atom is -0.468 e. The summed E-state index contributed by atoms with van der Waals surface area (Å²) in [4.78, 5) is 6.62. The maximum Gasteiger partial charge on any atom is 0.130 e. The van der Waals surface area contributed by atoms with Crippen LogP contribution in [0.3, 0.4) is 0 Å². The van der Waals surface area contributed by atoms with Crippen molar-refractivity contribution in [1.82, 2.24) is 9.88 Å². The summed E-state index contributed by atoms with van der Waals surface area (Å²) in [5, 5.41) is 3.37. The molecule has 0 unspecified atom stereocenters. The van der Waals surface area contributed by atoms with Crippen LogP contribution in [0, 0.1) is 0 Å². The minimum absolute atomic E-state index is 0.801. The lowest BCUT2D eigenvalue weighted by Crippen LogP contribution is -2.18. The van der Waals surface area contributed by atoms with Gasteiger partial charge in [-0.15, -0.1) is 0 Å². The Kier molecular flexibility index (Phi) is 4.98. The third-order valence-corrected chi connectivity index (χ3v) is 2.88. The molecule has 2 aromatic heterocycles. The molecule has 4 heteroatoms. The van der Waals surface area contributed by atoms with Crippen LogP contribution in [0.4, 0.5) is 5.82 Å². The van der Waals surface area contributed by atoms with E-state index in [1.54, 1.807) is 6.26 Å². The summed E-state index contributed by atoms with van der Waals surface area (Å²) >= 11 is 0. The van der Waals surface area contributed by atoms with Gasteiger partial charge in [0.1, 0.15) is 11.6 Å². The third-order valence-electron chi connectivity index (χ3n) is 2.88. The minimum atomic E-state index is 0.801. The van der Waals surface area contributed by atoms with Crippen molar-refractivity contribution in [1.29, 1.82) is 0 Å². The quantitative estimate of drug-likeness (QED) is 0.829. The van der Waals surface area contributed by atoms with Crippen molar-refractivity contribution < 1.29 is 4.42 Å². The molecule has 0 saturated carbocycles. The van der Waals surface area contributed by atoms with Crippen molar-refractivity contribution in [3.05, 3.63) is 48.0 Å². The van der Waals surface area contributed by atoms with E-state index in [2.05, 4.69) is 35.2 Å². The van der Waals surface area contributed by atoms with Gasteiger partial charge in [0.05, 0.1) is 12.8 Å². The molecule has 0 aromatic carbocycles. The van der Waals surface area contributed by atoms with Gasteiger partial charge in [-0.1, -0.05) is 13.0 Å². The molecule has 2 heterocycles. The summed E-state index contributed by atoms with van der Waals surface area (Å²) in [6.45, 7) is 4.75. The highest BCUT2D eigenvalue weighted by Crippen LogP contribution is 2.15. The highest BCUT2D eigenvalue weighted by molar-refractivity contribution is 5.43. The van der Waals surface area contributed by atoms with E-state index in [0.717, 1.165) is 37.6 Å². The van der Waals surface area contributed by atoms with E-state index in [-0.39, 0.29) is 0 Å². The van der Waals surface area contributed by atoms with Crippen molar-refractivity contribution in [2.75, 3.05) is 18.9 Å². The topological polar surface area (TPSA) is 41.3 Å². The standard InChI is InChI=1S/C15H21N3O/c1-3-8-16-15-13(6-4-9-17-15)11-18(2)12-14-7-5-10-19-14/h4-7,9-10H,3,8,11-12H2,1-2H3,(H,16,17). The van der Waals surface area contributed by atoms with Gasteiger partial charge in [0.25, 0.3) is 0 Å². The average Bonchev–Trinajstić information content (AvgIpc) is 2.90. The largest absolute Gasteiger partial charge is 0.468 e. The molecule has 0 aliphatic heterocycles. The van der Waals surface area contributed by atoms with Gasteiger partial charge in [-0.2, -0.15) is 0 Å². The maximum atomic E-state index is 5.36. The van der Waals surface area contributed by atoms with Gasteiger partial charge in [0.2, 0.25) is 0 Å². The molecule has 0 spiro atoms. The molecule has 0 aliphatic rings. The van der Waals surface area contributed by atoms with Crippen molar-refractivity contribution in [3.8, 4) is 0 Å². The van der Waals surface area contributed by atoms with E-state index >= 15 is 0 Å². The Balaban J connectivity index is 1.97. The van der Waals surface area contributed by atoms with Gasteiger partial charge < -0.3 is 9.73 Å². The molecule has 4 nitrogen and oxygen atoms in total. The summed E-state index contributed by atoms with van der Waals surface area (Å²) in [5.41, 5.74) is 1.21. The Morgan fingerprint density at radius 1 is 1.26 bits per heavy atom. The molecule has 2 aromatic rings. The van der Waals surface area contributed by atoms with Crippen molar-refractivity contribution in [2.45, 2.75) is 26.4 Å². The van der Waals surface area contributed by atoms with Crippen LogP contribution in [0.1, 0.15) is 24.7 Å². The summed E-state index contributed by atoms with van der Waals surface area (Å²) < 4.78 is 5.36. The van der Waals surface area contributed by atoms with Crippen LogP contribution in [0.2, 0.25) is 0 Å². The Bertz CT molecular complexity index is 482. The molecule has 19 heavy (non-hydrogen) atoms. The molecule has 0 bridgehead atoms. The summed E-state index contributed by atoms with van der Waals surface area (Å²) in [6, 6.07) is 8.01. The van der Waals surface area contributed by atoms with Crippen LogP contribution in [0.15, 0.2) is 41.1 Å². The normalized spacial score (nSPS) is 10.9. The number of hydrogen-bond acceptors (Lipinski definition) is 4. The lowest BCUT2D eigenvalue weighted by atomic mass is 10.2.